The van der Waals surface area contributed by atoms with Gasteiger partial charge in [0.25, 0.3) is 0 Å². The number of aryl methyl sites for hydroxylation is 1. The van der Waals surface area contributed by atoms with Gasteiger partial charge >= 0.3 is 6.18 Å². The van der Waals surface area contributed by atoms with Gasteiger partial charge in [0, 0.05) is 29.2 Å². The second kappa shape index (κ2) is 5.99. The maximum absolute atomic E-state index is 13.0. The molecule has 0 aliphatic heterocycles. The number of aromatic nitrogens is 1. The fourth-order valence-corrected chi connectivity index (χ4v) is 2.68. The lowest BCUT2D eigenvalue weighted by atomic mass is 10.2. The minimum atomic E-state index is -4.42. The van der Waals surface area contributed by atoms with Crippen molar-refractivity contribution >= 4 is 10.9 Å². The van der Waals surface area contributed by atoms with Gasteiger partial charge < -0.3 is 9.30 Å². The molecule has 0 bridgehead atoms. The van der Waals surface area contributed by atoms with Gasteiger partial charge in [0.05, 0.1) is 5.56 Å². The Morgan fingerprint density at radius 2 is 1.70 bits per heavy atom. The van der Waals surface area contributed by atoms with Crippen LogP contribution in [0.15, 0.2) is 54.7 Å². The van der Waals surface area contributed by atoms with Gasteiger partial charge in [-0.3, -0.25) is 0 Å². The molecule has 0 atom stereocenters. The fourth-order valence-electron chi connectivity index (χ4n) is 2.68. The van der Waals surface area contributed by atoms with Crippen LogP contribution in [0.25, 0.3) is 10.9 Å². The molecule has 0 aliphatic carbocycles. The summed E-state index contributed by atoms with van der Waals surface area (Å²) in [5.41, 5.74) is 1.18. The first kappa shape index (κ1) is 15.5. The molecule has 0 radical (unpaired) electrons. The van der Waals surface area contributed by atoms with Gasteiger partial charge in [-0.2, -0.15) is 13.2 Å². The van der Waals surface area contributed by atoms with E-state index in [2.05, 4.69) is 4.57 Å². The Bertz CT molecular complexity index is 820. The van der Waals surface area contributed by atoms with E-state index in [0.717, 1.165) is 29.1 Å². The van der Waals surface area contributed by atoms with Crippen LogP contribution in [0.4, 0.5) is 13.2 Å². The summed E-state index contributed by atoms with van der Waals surface area (Å²) in [6.07, 6.45) is -2.49. The lowest BCUT2D eigenvalue weighted by molar-refractivity contribution is -0.139. The molecule has 0 spiro atoms. The molecule has 1 heterocycles. The van der Waals surface area contributed by atoms with Crippen molar-refractivity contribution in [2.24, 2.45) is 0 Å². The van der Waals surface area contributed by atoms with Crippen molar-refractivity contribution in [2.75, 3.05) is 0 Å². The largest absolute Gasteiger partial charge is 0.488 e. The molecule has 2 aromatic carbocycles. The first-order valence-corrected chi connectivity index (χ1v) is 7.36. The van der Waals surface area contributed by atoms with E-state index < -0.39 is 11.7 Å². The standard InChI is InChI=1S/C18H16F3NO/c1-2-22-11-13(14-7-3-5-9-16(14)22)12-23-17-10-6-4-8-15(17)18(19,20)21/h3-11H,2,12H2,1H3. The molecule has 120 valence electrons. The van der Waals surface area contributed by atoms with E-state index in [-0.39, 0.29) is 12.4 Å². The molecule has 0 saturated heterocycles. The third kappa shape index (κ3) is 3.04. The first-order valence-electron chi connectivity index (χ1n) is 7.36. The number of fused-ring (bicyclic) bond motifs is 1. The van der Waals surface area contributed by atoms with Gasteiger partial charge in [-0.1, -0.05) is 30.3 Å². The van der Waals surface area contributed by atoms with Crippen molar-refractivity contribution in [1.29, 1.82) is 0 Å². The molecule has 0 unspecified atom stereocenters. The maximum Gasteiger partial charge on any atom is 0.419 e. The third-order valence-corrected chi connectivity index (χ3v) is 3.79. The third-order valence-electron chi connectivity index (χ3n) is 3.79. The minimum absolute atomic E-state index is 0.0978. The number of hydrogen-bond acceptors (Lipinski definition) is 1. The van der Waals surface area contributed by atoms with Crippen molar-refractivity contribution in [2.45, 2.75) is 26.3 Å². The van der Waals surface area contributed by atoms with Crippen LogP contribution in [0.3, 0.4) is 0 Å². The summed E-state index contributed by atoms with van der Waals surface area (Å²) in [5.74, 6) is -0.145. The molecule has 3 aromatic rings. The molecule has 3 rings (SSSR count). The summed E-state index contributed by atoms with van der Waals surface area (Å²) < 4.78 is 46.5. The number of halogens is 3. The maximum atomic E-state index is 13.0. The highest BCUT2D eigenvalue weighted by Gasteiger charge is 2.34. The second-order valence-electron chi connectivity index (χ2n) is 5.24. The monoisotopic (exact) mass is 319 g/mol. The van der Waals surface area contributed by atoms with Gasteiger partial charge in [-0.05, 0) is 25.1 Å². The number of ether oxygens (including phenoxy) is 1. The zero-order valence-electron chi connectivity index (χ0n) is 12.6. The number of hydrogen-bond donors (Lipinski definition) is 0. The van der Waals surface area contributed by atoms with Crippen molar-refractivity contribution in [3.63, 3.8) is 0 Å². The Morgan fingerprint density at radius 1 is 1.00 bits per heavy atom. The molecule has 2 nitrogen and oxygen atoms in total. The van der Waals surface area contributed by atoms with Crippen LogP contribution in [-0.4, -0.2) is 4.57 Å². The van der Waals surface area contributed by atoms with Crippen LogP contribution >= 0.6 is 0 Å². The molecular formula is C18H16F3NO. The number of para-hydroxylation sites is 2. The average molecular weight is 319 g/mol. The highest BCUT2D eigenvalue weighted by molar-refractivity contribution is 5.83. The zero-order valence-corrected chi connectivity index (χ0v) is 12.6. The summed E-state index contributed by atoms with van der Waals surface area (Å²) in [6.45, 7) is 2.91. The Morgan fingerprint density at radius 3 is 2.43 bits per heavy atom. The Balaban J connectivity index is 1.91. The van der Waals surface area contributed by atoms with Crippen LogP contribution in [0.2, 0.25) is 0 Å². The van der Waals surface area contributed by atoms with E-state index in [0.29, 0.717) is 0 Å². The van der Waals surface area contributed by atoms with Crippen LogP contribution in [0.1, 0.15) is 18.1 Å². The van der Waals surface area contributed by atoms with Crippen LogP contribution in [-0.2, 0) is 19.3 Å². The van der Waals surface area contributed by atoms with Gasteiger partial charge in [-0.15, -0.1) is 0 Å². The number of nitrogens with zero attached hydrogens (tertiary/aromatic N) is 1. The summed E-state index contributed by atoms with van der Waals surface area (Å²) in [4.78, 5) is 0. The van der Waals surface area contributed by atoms with E-state index in [1.165, 1.54) is 12.1 Å². The highest BCUT2D eigenvalue weighted by atomic mass is 19.4. The predicted octanol–water partition coefficient (Wildman–Crippen LogP) is 5.26. The summed E-state index contributed by atoms with van der Waals surface area (Å²) in [6, 6.07) is 13.1. The highest BCUT2D eigenvalue weighted by Crippen LogP contribution is 2.36. The molecule has 0 aliphatic rings. The van der Waals surface area contributed by atoms with Crippen molar-refractivity contribution in [1.82, 2.24) is 4.57 Å². The number of alkyl halides is 3. The lowest BCUT2D eigenvalue weighted by Crippen LogP contribution is -2.08. The van der Waals surface area contributed by atoms with Crippen LogP contribution < -0.4 is 4.74 Å². The van der Waals surface area contributed by atoms with E-state index in [1.807, 2.05) is 37.4 Å². The molecule has 1 aromatic heterocycles. The zero-order chi connectivity index (χ0) is 16.4. The molecule has 0 fully saturated rings. The summed E-state index contributed by atoms with van der Waals surface area (Å²) >= 11 is 0. The topological polar surface area (TPSA) is 14.2 Å². The van der Waals surface area contributed by atoms with Gasteiger partial charge in [-0.25, -0.2) is 0 Å². The van der Waals surface area contributed by atoms with E-state index in [1.54, 1.807) is 6.07 Å². The molecule has 5 heteroatoms. The van der Waals surface area contributed by atoms with Gasteiger partial charge in [0.15, 0.2) is 0 Å². The summed E-state index contributed by atoms with van der Waals surface area (Å²) in [5, 5.41) is 0.999. The SMILES string of the molecule is CCn1cc(COc2ccccc2C(F)(F)F)c2ccccc21. The Hall–Kier alpha value is -2.43. The molecular weight excluding hydrogens is 303 g/mol. The average Bonchev–Trinajstić information content (AvgIpc) is 2.90. The molecule has 0 saturated carbocycles. The molecule has 0 N–H and O–H groups in total. The molecule has 0 amide bonds. The lowest BCUT2D eigenvalue weighted by Gasteiger charge is -2.13. The van der Waals surface area contributed by atoms with Gasteiger partial charge in [0.2, 0.25) is 0 Å². The first-order chi connectivity index (χ1) is 11.0. The van der Waals surface area contributed by atoms with E-state index in [4.69, 9.17) is 4.74 Å². The van der Waals surface area contributed by atoms with Crippen LogP contribution in [0, 0.1) is 0 Å². The van der Waals surface area contributed by atoms with E-state index in [9.17, 15) is 13.2 Å². The van der Waals surface area contributed by atoms with Crippen molar-refractivity contribution in [3.05, 3.63) is 65.9 Å². The minimum Gasteiger partial charge on any atom is -0.488 e. The predicted molar refractivity (Wildman–Crippen MR) is 83.4 cm³/mol. The van der Waals surface area contributed by atoms with Crippen molar-refractivity contribution in [3.8, 4) is 5.75 Å². The number of benzene rings is 2. The van der Waals surface area contributed by atoms with Crippen molar-refractivity contribution < 1.29 is 17.9 Å². The Kier molecular flexibility index (Phi) is 4.03. The van der Waals surface area contributed by atoms with E-state index >= 15 is 0 Å². The normalized spacial score (nSPS) is 11.8. The van der Waals surface area contributed by atoms with Gasteiger partial charge in [0.1, 0.15) is 12.4 Å². The van der Waals surface area contributed by atoms with Crippen LogP contribution in [0.5, 0.6) is 5.75 Å². The fraction of sp³-hybridized carbons (Fsp3) is 0.222. The quantitative estimate of drug-likeness (QED) is 0.640. The Labute approximate surface area is 132 Å². The number of rotatable bonds is 4. The smallest absolute Gasteiger partial charge is 0.419 e. The second-order valence-corrected chi connectivity index (χ2v) is 5.24. The molecule has 23 heavy (non-hydrogen) atoms. The summed E-state index contributed by atoms with van der Waals surface area (Å²) in [7, 11) is 0.